The van der Waals surface area contributed by atoms with Crippen molar-refractivity contribution in [2.24, 2.45) is 0 Å². The summed E-state index contributed by atoms with van der Waals surface area (Å²) in [6.45, 7) is 0. The molecule has 0 saturated carbocycles. The molecule has 3 heterocycles. The minimum Gasteiger partial charge on any atom is -0.358 e. The molecule has 2 N–H and O–H groups in total. The summed E-state index contributed by atoms with van der Waals surface area (Å²) in [5, 5.41) is 0.626. The largest absolute Gasteiger partial charge is 0.358 e. The van der Waals surface area contributed by atoms with Crippen LogP contribution in [0.1, 0.15) is 11.5 Å². The lowest BCUT2D eigenvalue weighted by Crippen LogP contribution is -2.12. The van der Waals surface area contributed by atoms with Crippen molar-refractivity contribution in [2.45, 2.75) is 12.8 Å². The van der Waals surface area contributed by atoms with E-state index in [0.29, 0.717) is 17.6 Å². The molecule has 5 heteroatoms. The Bertz CT molecular complexity index is 1030. The van der Waals surface area contributed by atoms with E-state index in [9.17, 15) is 4.79 Å². The third-order valence-corrected chi connectivity index (χ3v) is 4.03. The second-order valence-electron chi connectivity index (χ2n) is 5.66. The average molecular weight is 316 g/mol. The van der Waals surface area contributed by atoms with Crippen molar-refractivity contribution in [1.82, 2.24) is 19.9 Å². The van der Waals surface area contributed by atoms with Crippen molar-refractivity contribution < 1.29 is 0 Å². The molecule has 0 unspecified atom stereocenters. The van der Waals surface area contributed by atoms with Crippen LogP contribution in [0.3, 0.4) is 0 Å². The van der Waals surface area contributed by atoms with E-state index >= 15 is 0 Å². The lowest BCUT2D eigenvalue weighted by atomic mass is 10.2. The van der Waals surface area contributed by atoms with Gasteiger partial charge in [-0.3, -0.25) is 9.78 Å². The first-order valence-electron chi connectivity index (χ1n) is 7.86. The van der Waals surface area contributed by atoms with Crippen LogP contribution in [0, 0.1) is 0 Å². The molecule has 0 radical (unpaired) electrons. The molecule has 1 aromatic carbocycles. The summed E-state index contributed by atoms with van der Waals surface area (Å²) < 4.78 is 0. The zero-order valence-corrected chi connectivity index (χ0v) is 13.0. The molecule has 0 bridgehead atoms. The fraction of sp³-hybridized carbons (Fsp3) is 0.105. The van der Waals surface area contributed by atoms with Gasteiger partial charge in [0.1, 0.15) is 5.82 Å². The van der Waals surface area contributed by atoms with Crippen molar-refractivity contribution in [1.29, 1.82) is 0 Å². The molecule has 0 amide bonds. The van der Waals surface area contributed by atoms with Crippen LogP contribution in [0.5, 0.6) is 0 Å². The number of pyridine rings is 1. The number of para-hydroxylation sites is 1. The number of aromatic nitrogens is 4. The van der Waals surface area contributed by atoms with Crippen molar-refractivity contribution in [2.75, 3.05) is 0 Å². The first kappa shape index (κ1) is 14.4. The quantitative estimate of drug-likeness (QED) is 0.607. The van der Waals surface area contributed by atoms with Crippen LogP contribution in [0.15, 0.2) is 65.7 Å². The summed E-state index contributed by atoms with van der Waals surface area (Å²) in [6, 6.07) is 15.5. The second kappa shape index (κ2) is 6.12. The molecule has 4 aromatic rings. The van der Waals surface area contributed by atoms with Crippen molar-refractivity contribution in [3.8, 4) is 11.3 Å². The molecule has 0 aliphatic rings. The maximum Gasteiger partial charge on any atom is 0.258 e. The summed E-state index contributed by atoms with van der Waals surface area (Å²) in [5.41, 5.74) is 3.93. The fourth-order valence-electron chi connectivity index (χ4n) is 2.79. The summed E-state index contributed by atoms with van der Waals surface area (Å²) in [6.07, 6.45) is 5.02. The minimum atomic E-state index is -0.0837. The summed E-state index contributed by atoms with van der Waals surface area (Å²) in [5.74, 6) is 0.707. The lowest BCUT2D eigenvalue weighted by molar-refractivity contribution is 0.844. The first-order valence-corrected chi connectivity index (χ1v) is 7.86. The number of benzene rings is 1. The number of aromatic amines is 2. The monoisotopic (exact) mass is 316 g/mol. The standard InChI is InChI=1S/C19H16N4O/c24-19-15-3-1-2-4-17(15)22-18(23-19)8-6-14-5-7-16(21-14)13-9-11-20-12-10-13/h1-5,7,9-12,21H,6,8H2,(H,22,23,24). The molecule has 0 spiro atoms. The normalized spacial score (nSPS) is 11.0. The summed E-state index contributed by atoms with van der Waals surface area (Å²) >= 11 is 0. The van der Waals surface area contributed by atoms with Gasteiger partial charge in [-0.15, -0.1) is 0 Å². The number of fused-ring (bicyclic) bond motifs is 1. The Balaban J connectivity index is 1.53. The number of rotatable bonds is 4. The zero-order chi connectivity index (χ0) is 16.4. The smallest absolute Gasteiger partial charge is 0.258 e. The SMILES string of the molecule is O=c1[nH]c(CCc2ccc(-c3ccncc3)[nH]2)nc2ccccc12. The molecular formula is C19H16N4O. The maximum absolute atomic E-state index is 12.1. The number of H-pyrrole nitrogens is 2. The molecule has 0 atom stereocenters. The van der Waals surface area contributed by atoms with Crippen LogP contribution in [0.4, 0.5) is 0 Å². The lowest BCUT2D eigenvalue weighted by Gasteiger charge is -2.02. The van der Waals surface area contributed by atoms with Crippen LogP contribution in [0.2, 0.25) is 0 Å². The van der Waals surface area contributed by atoms with E-state index < -0.39 is 0 Å². The highest BCUT2D eigenvalue weighted by molar-refractivity contribution is 5.77. The van der Waals surface area contributed by atoms with Gasteiger partial charge < -0.3 is 9.97 Å². The number of hydrogen-bond donors (Lipinski definition) is 2. The maximum atomic E-state index is 12.1. The van der Waals surface area contributed by atoms with E-state index in [-0.39, 0.29) is 5.56 Å². The van der Waals surface area contributed by atoms with Crippen LogP contribution in [0.25, 0.3) is 22.2 Å². The van der Waals surface area contributed by atoms with Crippen LogP contribution in [-0.2, 0) is 12.8 Å². The molecule has 0 fully saturated rings. The van der Waals surface area contributed by atoms with Gasteiger partial charge in [-0.1, -0.05) is 12.1 Å². The fourth-order valence-corrected chi connectivity index (χ4v) is 2.79. The first-order chi connectivity index (χ1) is 11.8. The van der Waals surface area contributed by atoms with Crippen LogP contribution < -0.4 is 5.56 Å². The van der Waals surface area contributed by atoms with E-state index in [1.165, 1.54) is 0 Å². The van der Waals surface area contributed by atoms with Gasteiger partial charge in [0.05, 0.1) is 10.9 Å². The third-order valence-electron chi connectivity index (χ3n) is 4.03. The van der Waals surface area contributed by atoms with Gasteiger partial charge in [-0.2, -0.15) is 0 Å². The van der Waals surface area contributed by atoms with Gasteiger partial charge in [0, 0.05) is 35.8 Å². The van der Waals surface area contributed by atoms with Gasteiger partial charge in [0.2, 0.25) is 0 Å². The molecule has 4 rings (SSSR count). The molecular weight excluding hydrogens is 300 g/mol. The molecule has 0 aliphatic carbocycles. The molecule has 3 aromatic heterocycles. The van der Waals surface area contributed by atoms with Crippen molar-refractivity contribution in [3.05, 3.63) is 82.8 Å². The van der Waals surface area contributed by atoms with E-state index in [4.69, 9.17) is 0 Å². The molecule has 118 valence electrons. The number of nitrogens with zero attached hydrogens (tertiary/aromatic N) is 2. The zero-order valence-electron chi connectivity index (χ0n) is 13.0. The van der Waals surface area contributed by atoms with Gasteiger partial charge in [0.25, 0.3) is 5.56 Å². The molecule has 24 heavy (non-hydrogen) atoms. The Hall–Kier alpha value is -3.21. The third kappa shape index (κ3) is 2.84. The Morgan fingerprint density at radius 2 is 1.71 bits per heavy atom. The van der Waals surface area contributed by atoms with Crippen molar-refractivity contribution >= 4 is 10.9 Å². The Morgan fingerprint density at radius 1 is 0.875 bits per heavy atom. The average Bonchev–Trinajstić information content (AvgIpc) is 3.10. The van der Waals surface area contributed by atoms with Gasteiger partial charge in [-0.25, -0.2) is 4.98 Å². The van der Waals surface area contributed by atoms with Gasteiger partial charge >= 0.3 is 0 Å². The van der Waals surface area contributed by atoms with Gasteiger partial charge in [-0.05, 0) is 42.8 Å². The van der Waals surface area contributed by atoms with E-state index in [1.807, 2.05) is 30.3 Å². The number of nitrogens with one attached hydrogen (secondary N) is 2. The Labute approximate surface area is 138 Å². The Morgan fingerprint density at radius 3 is 2.58 bits per heavy atom. The van der Waals surface area contributed by atoms with E-state index in [0.717, 1.165) is 28.9 Å². The number of aryl methyl sites for hydroxylation is 2. The highest BCUT2D eigenvalue weighted by atomic mass is 16.1. The minimum absolute atomic E-state index is 0.0837. The topological polar surface area (TPSA) is 74.4 Å². The van der Waals surface area contributed by atoms with Crippen LogP contribution >= 0.6 is 0 Å². The molecule has 0 aliphatic heterocycles. The van der Waals surface area contributed by atoms with E-state index in [1.54, 1.807) is 18.5 Å². The summed E-state index contributed by atoms with van der Waals surface area (Å²) in [7, 11) is 0. The van der Waals surface area contributed by atoms with Gasteiger partial charge in [0.15, 0.2) is 0 Å². The van der Waals surface area contributed by atoms with Crippen molar-refractivity contribution in [3.63, 3.8) is 0 Å². The number of hydrogen-bond acceptors (Lipinski definition) is 3. The predicted octanol–water partition coefficient (Wildman–Crippen LogP) is 3.10. The van der Waals surface area contributed by atoms with Crippen LogP contribution in [-0.4, -0.2) is 19.9 Å². The highest BCUT2D eigenvalue weighted by Gasteiger charge is 2.05. The molecule has 0 saturated heterocycles. The highest BCUT2D eigenvalue weighted by Crippen LogP contribution is 2.18. The predicted molar refractivity (Wildman–Crippen MR) is 93.8 cm³/mol. The van der Waals surface area contributed by atoms with E-state index in [2.05, 4.69) is 32.1 Å². The summed E-state index contributed by atoms with van der Waals surface area (Å²) in [4.78, 5) is 26.9. The molecule has 5 nitrogen and oxygen atoms in total. The second-order valence-corrected chi connectivity index (χ2v) is 5.66. The Kier molecular flexibility index (Phi) is 3.67.